The second-order valence-corrected chi connectivity index (χ2v) is 5.77. The van der Waals surface area contributed by atoms with Crippen molar-refractivity contribution in [2.24, 2.45) is 0 Å². The summed E-state index contributed by atoms with van der Waals surface area (Å²) in [7, 11) is 0. The highest BCUT2D eigenvalue weighted by Crippen LogP contribution is 2.24. The van der Waals surface area contributed by atoms with Crippen LogP contribution in [0.3, 0.4) is 0 Å². The Labute approximate surface area is 126 Å². The second-order valence-electron chi connectivity index (χ2n) is 5.33. The fraction of sp³-hybridized carbons (Fsp3) is 0.625. The molecule has 0 bridgehead atoms. The number of hydrogen-bond acceptors (Lipinski definition) is 3. The zero-order chi connectivity index (χ0) is 14.4. The zero-order valence-electron chi connectivity index (χ0n) is 12.3. The number of ether oxygens (including phenoxy) is 2. The van der Waals surface area contributed by atoms with Crippen LogP contribution in [0.25, 0.3) is 0 Å². The van der Waals surface area contributed by atoms with Crippen LogP contribution in [0.1, 0.15) is 38.4 Å². The van der Waals surface area contributed by atoms with Crippen molar-refractivity contribution < 1.29 is 9.47 Å². The molecule has 0 amide bonds. The van der Waals surface area contributed by atoms with Gasteiger partial charge in [0.25, 0.3) is 0 Å². The number of halogens is 1. The largest absolute Gasteiger partial charge is 0.379 e. The van der Waals surface area contributed by atoms with Crippen molar-refractivity contribution in [1.29, 1.82) is 0 Å². The molecule has 1 aromatic rings. The third-order valence-corrected chi connectivity index (χ3v) is 3.62. The Morgan fingerprint density at radius 1 is 1.30 bits per heavy atom. The average Bonchev–Trinajstić information content (AvgIpc) is 3.26. The van der Waals surface area contributed by atoms with Gasteiger partial charge in [-0.15, -0.1) is 0 Å². The maximum Gasteiger partial charge on any atom is 0.0954 e. The van der Waals surface area contributed by atoms with Crippen molar-refractivity contribution in [3.05, 3.63) is 34.9 Å². The molecular formula is C16H24ClNO2. The van der Waals surface area contributed by atoms with Gasteiger partial charge in [0, 0.05) is 24.2 Å². The van der Waals surface area contributed by atoms with Crippen LogP contribution in [0, 0.1) is 0 Å². The molecule has 0 radical (unpaired) electrons. The predicted octanol–water partition coefficient (Wildman–Crippen LogP) is 3.57. The molecule has 20 heavy (non-hydrogen) atoms. The number of rotatable bonds is 9. The Hall–Kier alpha value is -0.610. The molecule has 1 aliphatic carbocycles. The first kappa shape index (κ1) is 15.8. The first-order valence-corrected chi connectivity index (χ1v) is 7.79. The summed E-state index contributed by atoms with van der Waals surface area (Å²) in [6.45, 7) is 6.24. The third-order valence-electron chi connectivity index (χ3n) is 3.36. The van der Waals surface area contributed by atoms with E-state index in [4.69, 9.17) is 21.1 Å². The van der Waals surface area contributed by atoms with E-state index in [1.54, 1.807) is 0 Å². The molecule has 3 nitrogen and oxygen atoms in total. The van der Waals surface area contributed by atoms with Crippen molar-refractivity contribution in [1.82, 2.24) is 5.32 Å². The van der Waals surface area contributed by atoms with Gasteiger partial charge in [0.1, 0.15) is 0 Å². The highest BCUT2D eigenvalue weighted by atomic mass is 35.5. The van der Waals surface area contributed by atoms with E-state index in [9.17, 15) is 0 Å². The molecule has 1 aliphatic rings. The second kappa shape index (κ2) is 7.99. The number of nitrogens with one attached hydrogen (secondary N) is 1. The SMILES string of the molecule is CCOCC(C)OC(CNC1CC1)c1ccc(Cl)cc1. The van der Waals surface area contributed by atoms with Gasteiger partial charge in [-0.3, -0.25) is 0 Å². The normalized spacial score (nSPS) is 17.9. The maximum atomic E-state index is 6.13. The van der Waals surface area contributed by atoms with Gasteiger partial charge >= 0.3 is 0 Å². The van der Waals surface area contributed by atoms with E-state index in [2.05, 4.69) is 12.2 Å². The van der Waals surface area contributed by atoms with Crippen LogP contribution in [0.15, 0.2) is 24.3 Å². The Bertz CT molecular complexity index is 392. The van der Waals surface area contributed by atoms with Gasteiger partial charge in [-0.1, -0.05) is 23.7 Å². The molecule has 4 heteroatoms. The minimum atomic E-state index is 0.0447. The van der Waals surface area contributed by atoms with Crippen LogP contribution in [-0.4, -0.2) is 31.9 Å². The quantitative estimate of drug-likeness (QED) is 0.756. The van der Waals surface area contributed by atoms with Crippen molar-refractivity contribution in [3.63, 3.8) is 0 Å². The summed E-state index contributed by atoms with van der Waals surface area (Å²) in [6, 6.07) is 8.58. The Balaban J connectivity index is 1.93. The molecule has 0 spiro atoms. The molecule has 112 valence electrons. The van der Waals surface area contributed by atoms with Gasteiger partial charge in [-0.2, -0.15) is 0 Å². The van der Waals surface area contributed by atoms with E-state index < -0.39 is 0 Å². The minimum Gasteiger partial charge on any atom is -0.379 e. The van der Waals surface area contributed by atoms with Gasteiger partial charge in [0.2, 0.25) is 0 Å². The molecule has 0 heterocycles. The summed E-state index contributed by atoms with van der Waals surface area (Å²) in [4.78, 5) is 0. The zero-order valence-corrected chi connectivity index (χ0v) is 13.0. The smallest absolute Gasteiger partial charge is 0.0954 e. The number of hydrogen-bond donors (Lipinski definition) is 1. The summed E-state index contributed by atoms with van der Waals surface area (Å²) in [5.74, 6) is 0. The monoisotopic (exact) mass is 297 g/mol. The fourth-order valence-corrected chi connectivity index (χ4v) is 2.21. The van der Waals surface area contributed by atoms with Crippen molar-refractivity contribution in [2.75, 3.05) is 19.8 Å². The van der Waals surface area contributed by atoms with Crippen molar-refractivity contribution in [2.45, 2.75) is 44.9 Å². The molecule has 1 aromatic carbocycles. The summed E-state index contributed by atoms with van der Waals surface area (Å²) < 4.78 is 11.5. The first-order valence-electron chi connectivity index (χ1n) is 7.41. The van der Waals surface area contributed by atoms with Crippen LogP contribution in [0.5, 0.6) is 0 Å². The standard InChI is InChI=1S/C16H24ClNO2/c1-3-19-11-12(2)20-16(10-18-15-8-9-15)13-4-6-14(17)7-5-13/h4-7,12,15-16,18H,3,8-11H2,1-2H3. The van der Waals surface area contributed by atoms with Crippen LogP contribution >= 0.6 is 11.6 Å². The number of benzene rings is 1. The van der Waals surface area contributed by atoms with E-state index in [0.29, 0.717) is 12.6 Å². The summed E-state index contributed by atoms with van der Waals surface area (Å²) in [5, 5.41) is 4.29. The van der Waals surface area contributed by atoms with Crippen molar-refractivity contribution in [3.8, 4) is 0 Å². The lowest BCUT2D eigenvalue weighted by molar-refractivity contribution is -0.0471. The average molecular weight is 298 g/mol. The predicted molar refractivity (Wildman–Crippen MR) is 82.3 cm³/mol. The molecule has 2 atom stereocenters. The highest BCUT2D eigenvalue weighted by molar-refractivity contribution is 6.30. The van der Waals surface area contributed by atoms with Gasteiger partial charge in [0.15, 0.2) is 0 Å². The topological polar surface area (TPSA) is 30.5 Å². The lowest BCUT2D eigenvalue weighted by Gasteiger charge is -2.23. The minimum absolute atomic E-state index is 0.0447. The van der Waals surface area contributed by atoms with Gasteiger partial charge in [-0.25, -0.2) is 0 Å². The lowest BCUT2D eigenvalue weighted by atomic mass is 10.1. The highest BCUT2D eigenvalue weighted by Gasteiger charge is 2.23. The molecule has 2 unspecified atom stereocenters. The van der Waals surface area contributed by atoms with E-state index in [0.717, 1.165) is 23.7 Å². The first-order chi connectivity index (χ1) is 9.69. The summed E-state index contributed by atoms with van der Waals surface area (Å²) >= 11 is 5.95. The molecule has 1 N–H and O–H groups in total. The molecule has 0 aliphatic heterocycles. The molecule has 0 saturated heterocycles. The van der Waals surface area contributed by atoms with Crippen LogP contribution < -0.4 is 5.32 Å². The molecule has 1 fully saturated rings. The van der Waals surface area contributed by atoms with E-state index in [1.807, 2.05) is 31.2 Å². The molecule has 1 saturated carbocycles. The fourth-order valence-electron chi connectivity index (χ4n) is 2.09. The van der Waals surface area contributed by atoms with Gasteiger partial charge in [0.05, 0.1) is 18.8 Å². The van der Waals surface area contributed by atoms with E-state index >= 15 is 0 Å². The van der Waals surface area contributed by atoms with E-state index in [-0.39, 0.29) is 12.2 Å². The summed E-state index contributed by atoms with van der Waals surface area (Å²) in [6.07, 6.45) is 2.68. The molecular weight excluding hydrogens is 274 g/mol. The third kappa shape index (κ3) is 5.41. The lowest BCUT2D eigenvalue weighted by Crippen LogP contribution is -2.29. The Kier molecular flexibility index (Phi) is 6.30. The maximum absolute atomic E-state index is 6.13. The van der Waals surface area contributed by atoms with Crippen LogP contribution in [0.2, 0.25) is 5.02 Å². The van der Waals surface area contributed by atoms with Gasteiger partial charge < -0.3 is 14.8 Å². The molecule has 0 aromatic heterocycles. The van der Waals surface area contributed by atoms with E-state index in [1.165, 1.54) is 12.8 Å². The Morgan fingerprint density at radius 3 is 2.60 bits per heavy atom. The Morgan fingerprint density at radius 2 is 2.00 bits per heavy atom. The summed E-state index contributed by atoms with van der Waals surface area (Å²) in [5.41, 5.74) is 1.16. The van der Waals surface area contributed by atoms with Gasteiger partial charge in [-0.05, 0) is 44.4 Å². The van der Waals surface area contributed by atoms with Crippen molar-refractivity contribution >= 4 is 11.6 Å². The van der Waals surface area contributed by atoms with Crippen LogP contribution in [0.4, 0.5) is 0 Å². The molecule has 2 rings (SSSR count). The van der Waals surface area contributed by atoms with Crippen LogP contribution in [-0.2, 0) is 9.47 Å².